The van der Waals surface area contributed by atoms with E-state index in [2.05, 4.69) is 27.1 Å². The summed E-state index contributed by atoms with van der Waals surface area (Å²) in [6.07, 6.45) is 3.31. The summed E-state index contributed by atoms with van der Waals surface area (Å²) in [4.78, 5) is 31.3. The molecule has 3 amide bonds. The zero-order valence-electron chi connectivity index (χ0n) is 19.0. The molecule has 0 aliphatic carbocycles. The molecular formula is C24H25ClN4O4S2. The van der Waals surface area contributed by atoms with Crippen molar-refractivity contribution < 1.29 is 18.0 Å². The summed E-state index contributed by atoms with van der Waals surface area (Å²) < 4.78 is 27.5. The van der Waals surface area contributed by atoms with Crippen LogP contribution in [0.2, 0.25) is 5.02 Å². The van der Waals surface area contributed by atoms with E-state index >= 15 is 0 Å². The van der Waals surface area contributed by atoms with E-state index in [1.165, 1.54) is 18.2 Å². The summed E-state index contributed by atoms with van der Waals surface area (Å²) in [5.74, 6) is -0.670. The third kappa shape index (κ3) is 5.56. The van der Waals surface area contributed by atoms with E-state index in [0.717, 1.165) is 30.7 Å². The number of nitrogens with zero attached hydrogens (tertiary/aromatic N) is 2. The van der Waals surface area contributed by atoms with Crippen molar-refractivity contribution in [1.29, 1.82) is 0 Å². The lowest BCUT2D eigenvalue weighted by atomic mass is 9.95. The van der Waals surface area contributed by atoms with Crippen LogP contribution in [0.15, 0.2) is 60.0 Å². The Morgan fingerprint density at radius 3 is 2.77 bits per heavy atom. The van der Waals surface area contributed by atoms with Gasteiger partial charge in [-0.1, -0.05) is 41.1 Å². The highest BCUT2D eigenvalue weighted by Gasteiger charge is 2.34. The van der Waals surface area contributed by atoms with Crippen LogP contribution in [0.3, 0.4) is 0 Å². The highest BCUT2D eigenvalue weighted by molar-refractivity contribution is 7.92. The summed E-state index contributed by atoms with van der Waals surface area (Å²) in [6, 6.07) is 10.3. The van der Waals surface area contributed by atoms with E-state index in [1.54, 1.807) is 30.3 Å². The number of fused-ring (bicyclic) bond motifs is 1. The summed E-state index contributed by atoms with van der Waals surface area (Å²) in [5.41, 5.74) is 0.707. The van der Waals surface area contributed by atoms with E-state index in [1.807, 2.05) is 7.05 Å². The van der Waals surface area contributed by atoms with Crippen LogP contribution in [0.1, 0.15) is 23.2 Å². The number of halogens is 1. The van der Waals surface area contributed by atoms with Crippen LogP contribution in [0, 0.1) is 5.92 Å². The van der Waals surface area contributed by atoms with Crippen LogP contribution in [0.4, 0.5) is 9.93 Å². The minimum absolute atomic E-state index is 0.0232. The molecule has 1 aliphatic rings. The molecule has 1 saturated heterocycles. The summed E-state index contributed by atoms with van der Waals surface area (Å²) in [5, 5.41) is 4.50. The SMILES string of the molecule is C=CC(C1CCCN(C)C1)S(=O)(=O)c1ccc2nc(NC(=O)NC(=O)c3ccccc3Cl)sc2c1. The third-order valence-electron chi connectivity index (χ3n) is 5.97. The van der Waals surface area contributed by atoms with Crippen molar-refractivity contribution in [2.24, 2.45) is 5.92 Å². The van der Waals surface area contributed by atoms with Gasteiger partial charge in [-0.25, -0.2) is 18.2 Å². The van der Waals surface area contributed by atoms with Gasteiger partial charge in [0.25, 0.3) is 5.91 Å². The van der Waals surface area contributed by atoms with Gasteiger partial charge in [0.05, 0.1) is 30.9 Å². The minimum atomic E-state index is -3.65. The second-order valence-electron chi connectivity index (χ2n) is 8.45. The maximum absolute atomic E-state index is 13.4. The first-order valence-electron chi connectivity index (χ1n) is 11.0. The molecule has 4 rings (SSSR count). The highest BCUT2D eigenvalue weighted by Crippen LogP contribution is 2.33. The number of imide groups is 1. The molecule has 2 N–H and O–H groups in total. The van der Waals surface area contributed by atoms with Crippen LogP contribution >= 0.6 is 22.9 Å². The number of nitrogens with one attached hydrogen (secondary N) is 2. The number of thiazole rings is 1. The van der Waals surface area contributed by atoms with Gasteiger partial charge in [-0.15, -0.1) is 6.58 Å². The Labute approximate surface area is 212 Å². The summed E-state index contributed by atoms with van der Waals surface area (Å²) in [7, 11) is -1.66. The first-order chi connectivity index (χ1) is 16.7. The predicted molar refractivity (Wildman–Crippen MR) is 139 cm³/mol. The molecule has 3 aromatic rings. The van der Waals surface area contributed by atoms with Gasteiger partial charge in [-0.3, -0.25) is 15.4 Å². The molecule has 0 bridgehead atoms. The number of piperidine rings is 1. The zero-order valence-corrected chi connectivity index (χ0v) is 21.4. The largest absolute Gasteiger partial charge is 0.327 e. The maximum Gasteiger partial charge on any atom is 0.327 e. The van der Waals surface area contributed by atoms with Gasteiger partial charge in [-0.2, -0.15) is 0 Å². The summed E-state index contributed by atoms with van der Waals surface area (Å²) >= 11 is 7.11. The molecular weight excluding hydrogens is 508 g/mol. The minimum Gasteiger partial charge on any atom is -0.306 e. The molecule has 2 unspecified atom stereocenters. The molecule has 8 nitrogen and oxygen atoms in total. The monoisotopic (exact) mass is 532 g/mol. The average molecular weight is 533 g/mol. The maximum atomic E-state index is 13.4. The number of amides is 3. The van der Waals surface area contributed by atoms with Crippen molar-refractivity contribution in [2.45, 2.75) is 23.0 Å². The normalized spacial score (nSPS) is 17.6. The van der Waals surface area contributed by atoms with Gasteiger partial charge < -0.3 is 4.90 Å². The van der Waals surface area contributed by atoms with E-state index in [4.69, 9.17) is 11.6 Å². The number of aromatic nitrogens is 1. The number of anilines is 1. The van der Waals surface area contributed by atoms with Gasteiger partial charge in [0.2, 0.25) is 0 Å². The van der Waals surface area contributed by atoms with Crippen LogP contribution < -0.4 is 10.6 Å². The van der Waals surface area contributed by atoms with Gasteiger partial charge in [0.1, 0.15) is 0 Å². The number of carbonyl (C=O) groups is 2. The molecule has 1 aliphatic heterocycles. The van der Waals surface area contributed by atoms with Crippen molar-refractivity contribution in [3.05, 3.63) is 65.7 Å². The number of carbonyl (C=O) groups excluding carboxylic acids is 2. The lowest BCUT2D eigenvalue weighted by molar-refractivity contribution is 0.0967. The molecule has 184 valence electrons. The van der Waals surface area contributed by atoms with E-state index < -0.39 is 27.0 Å². The number of sulfone groups is 1. The molecule has 0 radical (unpaired) electrons. The van der Waals surface area contributed by atoms with E-state index in [9.17, 15) is 18.0 Å². The van der Waals surface area contributed by atoms with E-state index in [-0.39, 0.29) is 26.5 Å². The Bertz CT molecular complexity index is 1390. The molecule has 0 spiro atoms. The molecule has 35 heavy (non-hydrogen) atoms. The number of likely N-dealkylation sites (tertiary alicyclic amines) is 1. The molecule has 11 heteroatoms. The van der Waals surface area contributed by atoms with Gasteiger partial charge in [0.15, 0.2) is 15.0 Å². The van der Waals surface area contributed by atoms with Gasteiger partial charge in [0, 0.05) is 6.54 Å². The average Bonchev–Trinajstić information content (AvgIpc) is 3.21. The van der Waals surface area contributed by atoms with Crippen LogP contribution in [-0.2, 0) is 9.84 Å². The number of rotatable bonds is 6. The number of benzene rings is 2. The third-order valence-corrected chi connectivity index (χ3v) is 9.44. The quantitative estimate of drug-likeness (QED) is 0.450. The Balaban J connectivity index is 1.50. The molecule has 1 aromatic heterocycles. The second kappa shape index (κ2) is 10.4. The second-order valence-corrected chi connectivity index (χ2v) is 12.0. The first kappa shape index (κ1) is 25.3. The molecule has 2 heterocycles. The number of urea groups is 1. The standard InChI is InChI=1S/C24H25ClN4O4S2/c1-3-21(15-7-6-12-29(2)14-15)35(32,33)16-10-11-19-20(13-16)34-24(26-19)28-23(31)27-22(30)17-8-4-5-9-18(17)25/h3-5,8-11,13,15,21H,1,6-7,12,14H2,2H3,(H2,26,27,28,30,31). The number of hydrogen-bond donors (Lipinski definition) is 2. The fraction of sp³-hybridized carbons (Fsp3) is 0.292. The fourth-order valence-corrected chi connectivity index (χ4v) is 7.32. The van der Waals surface area contributed by atoms with E-state index in [0.29, 0.717) is 16.8 Å². The molecule has 0 saturated carbocycles. The fourth-order valence-electron chi connectivity index (χ4n) is 4.28. The first-order valence-corrected chi connectivity index (χ1v) is 13.8. The lowest BCUT2D eigenvalue weighted by Gasteiger charge is -2.33. The van der Waals surface area contributed by atoms with Gasteiger partial charge >= 0.3 is 6.03 Å². The highest BCUT2D eigenvalue weighted by atomic mass is 35.5. The summed E-state index contributed by atoms with van der Waals surface area (Å²) in [6.45, 7) is 5.47. The Morgan fingerprint density at radius 2 is 2.06 bits per heavy atom. The van der Waals surface area contributed by atoms with Crippen LogP contribution in [0.25, 0.3) is 10.2 Å². The van der Waals surface area contributed by atoms with Crippen molar-refractivity contribution in [3.8, 4) is 0 Å². The Morgan fingerprint density at radius 1 is 1.29 bits per heavy atom. The van der Waals surface area contributed by atoms with Crippen molar-refractivity contribution in [3.63, 3.8) is 0 Å². The van der Waals surface area contributed by atoms with Crippen LogP contribution in [0.5, 0.6) is 0 Å². The van der Waals surface area contributed by atoms with Crippen molar-refractivity contribution >= 4 is 60.1 Å². The Hall–Kier alpha value is -2.79. The molecule has 2 aromatic carbocycles. The van der Waals surface area contributed by atoms with Crippen molar-refractivity contribution in [2.75, 3.05) is 25.5 Å². The zero-order chi connectivity index (χ0) is 25.2. The number of hydrogen-bond acceptors (Lipinski definition) is 7. The van der Waals surface area contributed by atoms with Crippen molar-refractivity contribution in [1.82, 2.24) is 15.2 Å². The topological polar surface area (TPSA) is 108 Å². The predicted octanol–water partition coefficient (Wildman–Crippen LogP) is 4.58. The Kier molecular flexibility index (Phi) is 7.56. The molecule has 2 atom stereocenters. The van der Waals surface area contributed by atoms with Gasteiger partial charge in [-0.05, 0) is 62.7 Å². The smallest absolute Gasteiger partial charge is 0.306 e. The molecule has 1 fully saturated rings. The van der Waals surface area contributed by atoms with Crippen LogP contribution in [-0.4, -0.2) is 55.6 Å². The lowest BCUT2D eigenvalue weighted by Crippen LogP contribution is -2.40.